The first-order valence-corrected chi connectivity index (χ1v) is 15.2. The standard InChI is InChI=1S/C29H35N3O8S/c1-38-23-5-2-4-22(20-23)26-25(28(34)29(35)32(26)11-3-10-30-12-16-39-17-13-30)27(33)21-6-8-24(9-7-21)41(36,37)31-14-18-40-19-15-31/h2,4-9,20,26,33H,3,10-19H2,1H3/b27-25-. The fraction of sp³-hybridized carbons (Fsp3) is 0.448. The Morgan fingerprint density at radius 1 is 0.951 bits per heavy atom. The molecule has 0 aliphatic carbocycles. The highest BCUT2D eigenvalue weighted by molar-refractivity contribution is 7.89. The lowest BCUT2D eigenvalue weighted by atomic mass is 9.95. The minimum Gasteiger partial charge on any atom is -0.507 e. The molecule has 1 atom stereocenters. The molecular weight excluding hydrogens is 550 g/mol. The number of methoxy groups -OCH3 is 1. The average Bonchev–Trinajstić information content (AvgIpc) is 3.27. The van der Waals surface area contributed by atoms with Crippen molar-refractivity contribution in [2.24, 2.45) is 0 Å². The van der Waals surface area contributed by atoms with E-state index in [4.69, 9.17) is 14.2 Å². The minimum absolute atomic E-state index is 0.0431. The van der Waals surface area contributed by atoms with Crippen molar-refractivity contribution in [3.8, 4) is 5.75 Å². The van der Waals surface area contributed by atoms with Gasteiger partial charge in [0.15, 0.2) is 0 Å². The normalized spacial score (nSPS) is 22.3. The second kappa shape index (κ2) is 12.7. The molecule has 3 aliphatic rings. The Bertz CT molecular complexity index is 1400. The van der Waals surface area contributed by atoms with E-state index in [2.05, 4.69) is 4.90 Å². The van der Waals surface area contributed by atoms with Crippen LogP contribution in [0.2, 0.25) is 0 Å². The van der Waals surface area contributed by atoms with Crippen LogP contribution >= 0.6 is 0 Å². The van der Waals surface area contributed by atoms with Crippen LogP contribution in [0.15, 0.2) is 59.0 Å². The molecular formula is C29H35N3O8S. The average molecular weight is 586 g/mol. The lowest BCUT2D eigenvalue weighted by Crippen LogP contribution is -2.40. The maximum Gasteiger partial charge on any atom is 0.295 e. The first-order valence-electron chi connectivity index (χ1n) is 13.7. The molecule has 2 aromatic rings. The van der Waals surface area contributed by atoms with Gasteiger partial charge >= 0.3 is 0 Å². The van der Waals surface area contributed by atoms with E-state index in [1.54, 1.807) is 24.3 Å². The van der Waals surface area contributed by atoms with Gasteiger partial charge in [0.25, 0.3) is 11.7 Å². The summed E-state index contributed by atoms with van der Waals surface area (Å²) in [4.78, 5) is 30.5. The molecule has 1 N–H and O–H groups in total. The van der Waals surface area contributed by atoms with Crippen LogP contribution < -0.4 is 4.74 Å². The van der Waals surface area contributed by atoms with Crippen LogP contribution in [0.4, 0.5) is 0 Å². The quantitative estimate of drug-likeness (QED) is 0.267. The first kappa shape index (κ1) is 29.2. The van der Waals surface area contributed by atoms with Gasteiger partial charge in [0.1, 0.15) is 11.5 Å². The zero-order chi connectivity index (χ0) is 29.0. The highest BCUT2D eigenvalue weighted by atomic mass is 32.2. The number of rotatable bonds is 9. The van der Waals surface area contributed by atoms with E-state index in [9.17, 15) is 23.1 Å². The second-order valence-electron chi connectivity index (χ2n) is 10.1. The van der Waals surface area contributed by atoms with Crippen molar-refractivity contribution >= 4 is 27.5 Å². The number of hydrogen-bond donors (Lipinski definition) is 1. The molecule has 1 unspecified atom stereocenters. The molecule has 3 heterocycles. The predicted octanol–water partition coefficient (Wildman–Crippen LogP) is 1.86. The number of morpholine rings is 2. The van der Waals surface area contributed by atoms with Crippen LogP contribution in [0, 0.1) is 0 Å². The third-order valence-electron chi connectivity index (χ3n) is 7.66. The summed E-state index contributed by atoms with van der Waals surface area (Å²) in [5.74, 6) is -1.28. The van der Waals surface area contributed by atoms with Gasteiger partial charge in [-0.1, -0.05) is 12.1 Å². The molecule has 41 heavy (non-hydrogen) atoms. The maximum absolute atomic E-state index is 13.4. The Labute approximate surface area is 239 Å². The van der Waals surface area contributed by atoms with E-state index in [-0.39, 0.29) is 34.9 Å². The summed E-state index contributed by atoms with van der Waals surface area (Å²) in [6, 6.07) is 12.0. The summed E-state index contributed by atoms with van der Waals surface area (Å²) in [7, 11) is -2.20. The molecule has 3 aliphatic heterocycles. The highest BCUT2D eigenvalue weighted by Crippen LogP contribution is 2.40. The molecule has 11 nitrogen and oxygen atoms in total. The molecule has 12 heteroatoms. The van der Waals surface area contributed by atoms with Crippen molar-refractivity contribution in [3.63, 3.8) is 0 Å². The topological polar surface area (TPSA) is 126 Å². The fourth-order valence-electron chi connectivity index (χ4n) is 5.43. The van der Waals surface area contributed by atoms with Gasteiger partial charge < -0.3 is 24.2 Å². The van der Waals surface area contributed by atoms with Gasteiger partial charge in [0.2, 0.25) is 10.0 Å². The van der Waals surface area contributed by atoms with Crippen molar-refractivity contribution < 1.29 is 37.3 Å². The van der Waals surface area contributed by atoms with E-state index in [1.165, 1.54) is 40.6 Å². The number of benzene rings is 2. The largest absolute Gasteiger partial charge is 0.507 e. The molecule has 0 saturated carbocycles. The van der Waals surface area contributed by atoms with Crippen molar-refractivity contribution in [1.29, 1.82) is 0 Å². The number of Topliss-reactive ketones (excluding diaryl/α,β-unsaturated/α-hetero) is 1. The van der Waals surface area contributed by atoms with Gasteiger partial charge in [-0.25, -0.2) is 8.42 Å². The molecule has 220 valence electrons. The fourth-order valence-corrected chi connectivity index (χ4v) is 6.84. The van der Waals surface area contributed by atoms with E-state index >= 15 is 0 Å². The third kappa shape index (κ3) is 6.16. The maximum atomic E-state index is 13.4. The molecule has 2 aromatic carbocycles. The van der Waals surface area contributed by atoms with Crippen molar-refractivity contribution in [2.75, 3.05) is 72.8 Å². The van der Waals surface area contributed by atoms with Crippen molar-refractivity contribution in [3.05, 3.63) is 65.2 Å². The lowest BCUT2D eigenvalue weighted by molar-refractivity contribution is -0.140. The zero-order valence-electron chi connectivity index (χ0n) is 23.0. The number of nitrogens with zero attached hydrogens (tertiary/aromatic N) is 3. The summed E-state index contributed by atoms with van der Waals surface area (Å²) in [5.41, 5.74) is 0.826. The van der Waals surface area contributed by atoms with E-state index in [1.807, 2.05) is 0 Å². The molecule has 0 radical (unpaired) electrons. The number of amides is 1. The molecule has 0 aromatic heterocycles. The minimum atomic E-state index is -3.73. The smallest absolute Gasteiger partial charge is 0.295 e. The van der Waals surface area contributed by atoms with E-state index < -0.39 is 27.8 Å². The predicted molar refractivity (Wildman–Crippen MR) is 150 cm³/mol. The number of carbonyl (C=O) groups is 2. The van der Waals surface area contributed by atoms with Crippen LogP contribution in [0.3, 0.4) is 0 Å². The van der Waals surface area contributed by atoms with Gasteiger partial charge in [0.05, 0.1) is 50.0 Å². The molecule has 3 fully saturated rings. The molecule has 1 amide bonds. The first-order chi connectivity index (χ1) is 19.8. The number of aliphatic hydroxyl groups excluding tert-OH is 1. The lowest BCUT2D eigenvalue weighted by Gasteiger charge is -2.29. The number of aliphatic hydroxyl groups is 1. The number of carbonyl (C=O) groups excluding carboxylic acids is 2. The van der Waals surface area contributed by atoms with Gasteiger partial charge in [-0.2, -0.15) is 4.31 Å². The highest BCUT2D eigenvalue weighted by Gasteiger charge is 2.46. The SMILES string of the molecule is COc1cccc(C2/C(=C(/O)c3ccc(S(=O)(=O)N4CCOCC4)cc3)C(=O)C(=O)N2CCCN2CCOCC2)c1. The number of ketones is 1. The summed E-state index contributed by atoms with van der Waals surface area (Å²) in [5, 5.41) is 11.4. The zero-order valence-corrected chi connectivity index (χ0v) is 23.8. The number of ether oxygens (including phenoxy) is 3. The van der Waals surface area contributed by atoms with E-state index in [0.717, 1.165) is 19.6 Å². The summed E-state index contributed by atoms with van der Waals surface area (Å²) in [6.45, 7) is 5.21. The Kier molecular flexibility index (Phi) is 9.05. The molecule has 5 rings (SSSR count). The van der Waals surface area contributed by atoms with Gasteiger partial charge in [-0.3, -0.25) is 14.5 Å². The molecule has 0 spiro atoms. The Morgan fingerprint density at radius 2 is 1.61 bits per heavy atom. The number of likely N-dealkylation sites (tertiary alicyclic amines) is 1. The Morgan fingerprint density at radius 3 is 2.27 bits per heavy atom. The van der Waals surface area contributed by atoms with Gasteiger partial charge in [-0.15, -0.1) is 0 Å². The van der Waals surface area contributed by atoms with Crippen molar-refractivity contribution in [2.45, 2.75) is 17.4 Å². The van der Waals surface area contributed by atoms with Crippen LogP contribution in [0.1, 0.15) is 23.6 Å². The Hall–Kier alpha value is -3.29. The van der Waals surface area contributed by atoms with Crippen LogP contribution in [0.5, 0.6) is 5.75 Å². The van der Waals surface area contributed by atoms with Gasteiger partial charge in [0, 0.05) is 44.8 Å². The monoisotopic (exact) mass is 585 g/mol. The molecule has 3 saturated heterocycles. The summed E-state index contributed by atoms with van der Waals surface area (Å²) in [6.07, 6.45) is 0.641. The van der Waals surface area contributed by atoms with Crippen LogP contribution in [-0.4, -0.2) is 112 Å². The third-order valence-corrected chi connectivity index (χ3v) is 9.58. The van der Waals surface area contributed by atoms with Gasteiger partial charge in [-0.05, 0) is 48.4 Å². The Balaban J connectivity index is 1.46. The van der Waals surface area contributed by atoms with Crippen LogP contribution in [0.25, 0.3) is 5.76 Å². The summed E-state index contributed by atoms with van der Waals surface area (Å²) >= 11 is 0. The number of sulfonamides is 1. The van der Waals surface area contributed by atoms with Crippen LogP contribution in [-0.2, 0) is 29.1 Å². The van der Waals surface area contributed by atoms with Crippen molar-refractivity contribution in [1.82, 2.24) is 14.1 Å². The number of hydrogen-bond acceptors (Lipinski definition) is 9. The summed E-state index contributed by atoms with van der Waals surface area (Å²) < 4.78 is 43.5. The second-order valence-corrected chi connectivity index (χ2v) is 12.1. The van der Waals surface area contributed by atoms with E-state index in [0.29, 0.717) is 50.7 Å². The molecule has 0 bridgehead atoms.